The molecule has 3 heteroatoms. The fraction of sp³-hybridized carbons (Fsp3) is 0.333. The number of aryl methyl sites for hydroxylation is 1. The zero-order valence-corrected chi connectivity index (χ0v) is 13.0. The van der Waals surface area contributed by atoms with Gasteiger partial charge in [0, 0.05) is 11.6 Å². The van der Waals surface area contributed by atoms with Crippen molar-refractivity contribution in [2.75, 3.05) is 0 Å². The summed E-state index contributed by atoms with van der Waals surface area (Å²) in [4.78, 5) is 0. The van der Waals surface area contributed by atoms with Gasteiger partial charge in [-0.05, 0) is 43.0 Å². The van der Waals surface area contributed by atoms with Gasteiger partial charge in [0.15, 0.2) is 11.6 Å². The Bertz CT molecular complexity index is 635. The summed E-state index contributed by atoms with van der Waals surface area (Å²) in [5, 5.41) is 0. The van der Waals surface area contributed by atoms with Crippen LogP contribution in [0.4, 0.5) is 4.39 Å². The molecule has 0 aliphatic rings. The van der Waals surface area contributed by atoms with Gasteiger partial charge in [-0.25, -0.2) is 4.39 Å². The lowest BCUT2D eigenvalue weighted by Gasteiger charge is -2.17. The Morgan fingerprint density at radius 3 is 2.43 bits per heavy atom. The van der Waals surface area contributed by atoms with E-state index in [-0.39, 0.29) is 17.6 Å². The van der Waals surface area contributed by atoms with Crippen molar-refractivity contribution in [3.05, 3.63) is 58.9 Å². The molecule has 112 valence electrons. The highest BCUT2D eigenvalue weighted by molar-refractivity contribution is 5.44. The van der Waals surface area contributed by atoms with Gasteiger partial charge in [-0.2, -0.15) is 0 Å². The van der Waals surface area contributed by atoms with E-state index in [2.05, 4.69) is 19.9 Å². The topological polar surface area (TPSA) is 35.2 Å². The van der Waals surface area contributed by atoms with Gasteiger partial charge >= 0.3 is 0 Å². The van der Waals surface area contributed by atoms with E-state index in [1.807, 2.05) is 26.0 Å². The third kappa shape index (κ3) is 3.42. The summed E-state index contributed by atoms with van der Waals surface area (Å²) in [6, 6.07) is 10.6. The van der Waals surface area contributed by atoms with Crippen LogP contribution in [0.3, 0.4) is 0 Å². The van der Waals surface area contributed by atoms with Crippen LogP contribution in [0.2, 0.25) is 0 Å². The predicted molar refractivity (Wildman–Crippen MR) is 84.3 cm³/mol. The summed E-state index contributed by atoms with van der Waals surface area (Å²) >= 11 is 0. The van der Waals surface area contributed by atoms with Crippen molar-refractivity contribution in [1.82, 2.24) is 0 Å². The van der Waals surface area contributed by atoms with Crippen LogP contribution in [0.1, 0.15) is 49.4 Å². The molecular formula is C18H22FNO. The summed E-state index contributed by atoms with van der Waals surface area (Å²) in [5.74, 6) is 0.894. The molecule has 1 atom stereocenters. The molecule has 0 bridgehead atoms. The molecular weight excluding hydrogens is 265 g/mol. The Balaban J connectivity index is 2.45. The first-order valence-corrected chi connectivity index (χ1v) is 7.22. The fourth-order valence-corrected chi connectivity index (χ4v) is 2.19. The van der Waals surface area contributed by atoms with Gasteiger partial charge in [0.25, 0.3) is 0 Å². The van der Waals surface area contributed by atoms with Crippen LogP contribution < -0.4 is 10.5 Å². The SMILES string of the molecule is Cc1ccc(C(C)C)cc1Oc1c(F)cccc1[C@@H](C)N. The van der Waals surface area contributed by atoms with E-state index >= 15 is 0 Å². The molecule has 0 radical (unpaired) electrons. The highest BCUT2D eigenvalue weighted by Crippen LogP contribution is 2.34. The number of benzene rings is 2. The molecule has 2 nitrogen and oxygen atoms in total. The number of nitrogens with two attached hydrogens (primary N) is 1. The van der Waals surface area contributed by atoms with E-state index in [0.717, 1.165) is 11.1 Å². The molecule has 0 saturated heterocycles. The maximum Gasteiger partial charge on any atom is 0.167 e. The average molecular weight is 287 g/mol. The third-order valence-corrected chi connectivity index (χ3v) is 3.58. The monoisotopic (exact) mass is 287 g/mol. The summed E-state index contributed by atoms with van der Waals surface area (Å²) in [5.41, 5.74) is 8.71. The Morgan fingerprint density at radius 2 is 1.81 bits per heavy atom. The maximum absolute atomic E-state index is 14.1. The summed E-state index contributed by atoms with van der Waals surface area (Å²) in [6.45, 7) is 8.00. The quantitative estimate of drug-likeness (QED) is 0.852. The van der Waals surface area contributed by atoms with Gasteiger partial charge in [0.05, 0.1) is 0 Å². The van der Waals surface area contributed by atoms with Gasteiger partial charge in [-0.1, -0.05) is 38.1 Å². The minimum atomic E-state index is -0.390. The van der Waals surface area contributed by atoms with Crippen molar-refractivity contribution >= 4 is 0 Å². The first kappa shape index (κ1) is 15.5. The second-order valence-corrected chi connectivity index (χ2v) is 5.73. The molecule has 0 amide bonds. The smallest absolute Gasteiger partial charge is 0.167 e. The van der Waals surface area contributed by atoms with Gasteiger partial charge in [0.2, 0.25) is 0 Å². The van der Waals surface area contributed by atoms with Crippen LogP contribution >= 0.6 is 0 Å². The molecule has 0 heterocycles. The minimum absolute atomic E-state index is 0.219. The Labute approximate surface area is 125 Å². The largest absolute Gasteiger partial charge is 0.454 e. The standard InChI is InChI=1S/C18H22FNO/c1-11(2)14-9-8-12(3)17(10-14)21-18-15(13(4)20)6-5-7-16(18)19/h5-11,13H,20H2,1-4H3/t13-/m1/s1. The number of hydrogen-bond acceptors (Lipinski definition) is 2. The number of ether oxygens (including phenoxy) is 1. The number of halogens is 1. The fourth-order valence-electron chi connectivity index (χ4n) is 2.19. The molecule has 0 unspecified atom stereocenters. The van der Waals surface area contributed by atoms with Crippen LogP contribution in [0.5, 0.6) is 11.5 Å². The Morgan fingerprint density at radius 1 is 1.10 bits per heavy atom. The van der Waals surface area contributed by atoms with Gasteiger partial charge in [-0.15, -0.1) is 0 Å². The molecule has 2 rings (SSSR count). The van der Waals surface area contributed by atoms with Crippen molar-refractivity contribution in [3.8, 4) is 11.5 Å². The van der Waals surface area contributed by atoms with Gasteiger partial charge < -0.3 is 10.5 Å². The lowest BCUT2D eigenvalue weighted by atomic mass is 10.0. The van der Waals surface area contributed by atoms with E-state index in [1.54, 1.807) is 12.1 Å². The van der Waals surface area contributed by atoms with Gasteiger partial charge in [-0.3, -0.25) is 0 Å². The van der Waals surface area contributed by atoms with E-state index in [4.69, 9.17) is 10.5 Å². The lowest BCUT2D eigenvalue weighted by Crippen LogP contribution is -2.08. The first-order chi connectivity index (χ1) is 9.90. The number of rotatable bonds is 4. The molecule has 0 aliphatic carbocycles. The number of hydrogen-bond donors (Lipinski definition) is 1. The molecule has 21 heavy (non-hydrogen) atoms. The summed E-state index contributed by atoms with van der Waals surface area (Å²) in [6.07, 6.45) is 0. The van der Waals surface area contributed by atoms with E-state index in [1.165, 1.54) is 6.07 Å². The first-order valence-electron chi connectivity index (χ1n) is 7.22. The van der Waals surface area contributed by atoms with Crippen LogP contribution in [0.15, 0.2) is 36.4 Å². The molecule has 2 N–H and O–H groups in total. The molecule has 2 aromatic carbocycles. The van der Waals surface area contributed by atoms with Crippen molar-refractivity contribution < 1.29 is 9.13 Å². The average Bonchev–Trinajstić information content (AvgIpc) is 2.42. The van der Waals surface area contributed by atoms with Crippen molar-refractivity contribution in [3.63, 3.8) is 0 Å². The Hall–Kier alpha value is -1.87. The van der Waals surface area contributed by atoms with Gasteiger partial charge in [0.1, 0.15) is 5.75 Å². The molecule has 0 saturated carbocycles. The minimum Gasteiger partial charge on any atom is -0.454 e. The zero-order valence-electron chi connectivity index (χ0n) is 13.0. The molecule has 2 aromatic rings. The van der Waals surface area contributed by atoms with E-state index in [9.17, 15) is 4.39 Å². The van der Waals surface area contributed by atoms with Crippen molar-refractivity contribution in [2.24, 2.45) is 5.73 Å². The summed E-state index contributed by atoms with van der Waals surface area (Å²) in [7, 11) is 0. The third-order valence-electron chi connectivity index (χ3n) is 3.58. The molecule has 0 aromatic heterocycles. The van der Waals surface area contributed by atoms with Crippen molar-refractivity contribution in [2.45, 2.75) is 39.7 Å². The summed E-state index contributed by atoms with van der Waals surface area (Å²) < 4.78 is 20.0. The predicted octanol–water partition coefficient (Wildman–Crippen LogP) is 5.07. The normalized spacial score (nSPS) is 12.5. The highest BCUT2D eigenvalue weighted by Gasteiger charge is 2.15. The van der Waals surface area contributed by atoms with Crippen LogP contribution in [-0.4, -0.2) is 0 Å². The van der Waals surface area contributed by atoms with E-state index in [0.29, 0.717) is 17.2 Å². The zero-order chi connectivity index (χ0) is 15.6. The Kier molecular flexibility index (Phi) is 4.63. The van der Waals surface area contributed by atoms with Crippen LogP contribution in [-0.2, 0) is 0 Å². The molecule has 0 spiro atoms. The second-order valence-electron chi connectivity index (χ2n) is 5.73. The molecule has 0 fully saturated rings. The lowest BCUT2D eigenvalue weighted by molar-refractivity contribution is 0.429. The van der Waals surface area contributed by atoms with Crippen molar-refractivity contribution in [1.29, 1.82) is 0 Å². The highest BCUT2D eigenvalue weighted by atomic mass is 19.1. The van der Waals surface area contributed by atoms with Crippen LogP contribution in [0.25, 0.3) is 0 Å². The molecule has 0 aliphatic heterocycles. The second kappa shape index (κ2) is 6.27. The van der Waals surface area contributed by atoms with Crippen LogP contribution in [0, 0.1) is 12.7 Å². The number of para-hydroxylation sites is 1. The maximum atomic E-state index is 14.1. The van der Waals surface area contributed by atoms with E-state index < -0.39 is 0 Å².